The van der Waals surface area contributed by atoms with Crippen LogP contribution in [0, 0.1) is 6.92 Å². The Balaban J connectivity index is 2.52. The summed E-state index contributed by atoms with van der Waals surface area (Å²) in [6, 6.07) is 3.64. The van der Waals surface area contributed by atoms with Crippen molar-refractivity contribution in [2.24, 2.45) is 0 Å². The first kappa shape index (κ1) is 16.5. The van der Waals surface area contributed by atoms with Gasteiger partial charge in [-0.1, -0.05) is 22.4 Å². The lowest BCUT2D eigenvalue weighted by molar-refractivity contribution is 0.204. The molecule has 1 saturated heterocycles. The molecular weight excluding hydrogens is 406 g/mol. The quantitative estimate of drug-likeness (QED) is 0.702. The van der Waals surface area contributed by atoms with E-state index in [9.17, 15) is 8.42 Å². The van der Waals surface area contributed by atoms with Crippen molar-refractivity contribution < 1.29 is 8.42 Å². The van der Waals surface area contributed by atoms with Gasteiger partial charge >= 0.3 is 0 Å². The fourth-order valence-electron chi connectivity index (χ4n) is 2.81. The third-order valence-corrected chi connectivity index (χ3v) is 7.82. The molecule has 3 nitrogen and oxygen atoms in total. The fourth-order valence-corrected chi connectivity index (χ4v) is 6.33. The second-order valence-electron chi connectivity index (χ2n) is 5.50. The van der Waals surface area contributed by atoms with Crippen molar-refractivity contribution >= 4 is 41.9 Å². The van der Waals surface area contributed by atoms with E-state index in [-0.39, 0.29) is 12.1 Å². The van der Waals surface area contributed by atoms with Gasteiger partial charge in [0.1, 0.15) is 0 Å². The average Bonchev–Trinajstić information content (AvgIpc) is 2.33. The number of aryl methyl sites for hydroxylation is 1. The van der Waals surface area contributed by atoms with Gasteiger partial charge in [0.25, 0.3) is 0 Å². The summed E-state index contributed by atoms with van der Waals surface area (Å²) in [7, 11) is -3.47. The normalized spacial score (nSPS) is 24.9. The lowest BCUT2D eigenvalue weighted by Gasteiger charge is -2.37. The Hall–Kier alpha value is 0.0900. The van der Waals surface area contributed by atoms with Crippen LogP contribution in [0.1, 0.15) is 38.7 Å². The molecule has 0 saturated carbocycles. The molecule has 0 aliphatic carbocycles. The molecule has 1 fully saturated rings. The molecule has 2 atom stereocenters. The van der Waals surface area contributed by atoms with E-state index in [1.165, 1.54) is 0 Å². The Morgan fingerprint density at radius 2 is 1.65 bits per heavy atom. The molecule has 1 aliphatic heterocycles. The first-order valence-electron chi connectivity index (χ1n) is 6.74. The van der Waals surface area contributed by atoms with Gasteiger partial charge in [-0.3, -0.25) is 0 Å². The van der Waals surface area contributed by atoms with E-state index in [4.69, 9.17) is 0 Å². The molecule has 0 N–H and O–H groups in total. The van der Waals surface area contributed by atoms with Gasteiger partial charge in [-0.15, -0.1) is 0 Å². The second-order valence-corrected chi connectivity index (χ2v) is 9.02. The van der Waals surface area contributed by atoms with Crippen molar-refractivity contribution in [3.05, 3.63) is 26.6 Å². The summed E-state index contributed by atoms with van der Waals surface area (Å²) in [6.07, 6.45) is 2.94. The number of hydrogen-bond donors (Lipinski definition) is 0. The van der Waals surface area contributed by atoms with Crippen LogP contribution < -0.4 is 0 Å². The van der Waals surface area contributed by atoms with Gasteiger partial charge in [0.15, 0.2) is 0 Å². The van der Waals surface area contributed by atoms with Crippen molar-refractivity contribution in [2.75, 3.05) is 0 Å². The van der Waals surface area contributed by atoms with Gasteiger partial charge in [-0.05, 0) is 67.2 Å². The van der Waals surface area contributed by atoms with E-state index in [1.54, 1.807) is 10.4 Å². The van der Waals surface area contributed by atoms with Gasteiger partial charge in [0.2, 0.25) is 10.0 Å². The Morgan fingerprint density at radius 3 is 2.20 bits per heavy atom. The highest BCUT2D eigenvalue weighted by atomic mass is 79.9. The van der Waals surface area contributed by atoms with Crippen LogP contribution in [0.4, 0.5) is 0 Å². The van der Waals surface area contributed by atoms with Crippen LogP contribution in [0.15, 0.2) is 26.0 Å². The summed E-state index contributed by atoms with van der Waals surface area (Å²) in [4.78, 5) is 0.343. The second kappa shape index (κ2) is 6.07. The molecule has 1 aromatic carbocycles. The molecule has 1 aliphatic rings. The number of sulfonamides is 1. The van der Waals surface area contributed by atoms with E-state index < -0.39 is 10.0 Å². The van der Waals surface area contributed by atoms with Gasteiger partial charge in [-0.25, -0.2) is 8.42 Å². The van der Waals surface area contributed by atoms with Crippen LogP contribution in [0.2, 0.25) is 0 Å². The van der Waals surface area contributed by atoms with Crippen LogP contribution in [0.3, 0.4) is 0 Å². The molecule has 0 radical (unpaired) electrons. The molecule has 0 spiro atoms. The maximum absolute atomic E-state index is 13.0. The van der Waals surface area contributed by atoms with Crippen molar-refractivity contribution in [3.63, 3.8) is 0 Å². The van der Waals surface area contributed by atoms with Crippen molar-refractivity contribution in [1.29, 1.82) is 0 Å². The number of rotatable bonds is 2. The molecule has 6 heteroatoms. The molecule has 0 amide bonds. The smallest absolute Gasteiger partial charge is 0.207 e. The van der Waals surface area contributed by atoms with E-state index in [0.717, 1.165) is 29.3 Å². The van der Waals surface area contributed by atoms with E-state index in [0.29, 0.717) is 9.37 Å². The highest BCUT2D eigenvalue weighted by Gasteiger charge is 2.36. The highest BCUT2D eigenvalue weighted by Crippen LogP contribution is 2.35. The molecule has 20 heavy (non-hydrogen) atoms. The SMILES string of the molecule is Cc1cc(Br)c(S(=O)(=O)N2C(C)CCCC2C)cc1Br. The molecule has 0 bridgehead atoms. The maximum atomic E-state index is 13.0. The minimum Gasteiger partial charge on any atom is -0.207 e. The average molecular weight is 425 g/mol. The molecule has 1 aromatic rings. The fraction of sp³-hybridized carbons (Fsp3) is 0.571. The van der Waals surface area contributed by atoms with Gasteiger partial charge < -0.3 is 0 Å². The Bertz CT molecular complexity index is 606. The number of piperidine rings is 1. The highest BCUT2D eigenvalue weighted by molar-refractivity contribution is 9.11. The van der Waals surface area contributed by atoms with Crippen LogP contribution in [0.5, 0.6) is 0 Å². The molecule has 112 valence electrons. The lowest BCUT2D eigenvalue weighted by Crippen LogP contribution is -2.47. The number of benzene rings is 1. The zero-order valence-corrected chi connectivity index (χ0v) is 15.8. The summed E-state index contributed by atoms with van der Waals surface area (Å²) < 4.78 is 29.0. The third kappa shape index (κ3) is 2.98. The molecule has 2 rings (SSSR count). The van der Waals surface area contributed by atoms with E-state index in [1.807, 2.05) is 26.8 Å². The zero-order valence-electron chi connectivity index (χ0n) is 11.9. The van der Waals surface area contributed by atoms with Crippen molar-refractivity contribution in [1.82, 2.24) is 4.31 Å². The number of hydrogen-bond acceptors (Lipinski definition) is 2. The van der Waals surface area contributed by atoms with Crippen LogP contribution >= 0.6 is 31.9 Å². The zero-order chi connectivity index (χ0) is 15.1. The van der Waals surface area contributed by atoms with Gasteiger partial charge in [-0.2, -0.15) is 4.31 Å². The number of nitrogens with zero attached hydrogens (tertiary/aromatic N) is 1. The Labute approximate surface area is 138 Å². The Kier molecular flexibility index (Phi) is 4.99. The van der Waals surface area contributed by atoms with Crippen molar-refractivity contribution in [2.45, 2.75) is 57.0 Å². The van der Waals surface area contributed by atoms with Crippen LogP contribution in [-0.4, -0.2) is 24.8 Å². The molecule has 0 aromatic heterocycles. The first-order chi connectivity index (χ1) is 9.25. The lowest BCUT2D eigenvalue weighted by atomic mass is 10.0. The van der Waals surface area contributed by atoms with Crippen LogP contribution in [0.25, 0.3) is 0 Å². The van der Waals surface area contributed by atoms with Crippen molar-refractivity contribution in [3.8, 4) is 0 Å². The van der Waals surface area contributed by atoms with Gasteiger partial charge in [0.05, 0.1) is 4.90 Å². The minimum atomic E-state index is -3.47. The first-order valence-corrected chi connectivity index (χ1v) is 9.77. The summed E-state index contributed by atoms with van der Waals surface area (Å²) in [5.41, 5.74) is 1.01. The molecular formula is C14H19Br2NO2S. The molecule has 1 heterocycles. The molecule has 2 unspecified atom stereocenters. The standard InChI is InChI=1S/C14H19Br2NO2S/c1-9-7-13(16)14(8-12(9)15)20(18,19)17-10(2)5-4-6-11(17)3/h7-8,10-11H,4-6H2,1-3H3. The Morgan fingerprint density at radius 1 is 1.10 bits per heavy atom. The van der Waals surface area contributed by atoms with E-state index >= 15 is 0 Å². The van der Waals surface area contributed by atoms with E-state index in [2.05, 4.69) is 31.9 Å². The topological polar surface area (TPSA) is 37.4 Å². The largest absolute Gasteiger partial charge is 0.244 e. The summed E-state index contributed by atoms with van der Waals surface area (Å²) in [5.74, 6) is 0. The predicted octanol–water partition coefficient (Wildman–Crippen LogP) is 4.47. The number of halogens is 2. The van der Waals surface area contributed by atoms with Gasteiger partial charge in [0, 0.05) is 21.0 Å². The monoisotopic (exact) mass is 423 g/mol. The summed E-state index contributed by atoms with van der Waals surface area (Å²) in [5, 5.41) is 0. The maximum Gasteiger partial charge on any atom is 0.244 e. The predicted molar refractivity (Wildman–Crippen MR) is 88.4 cm³/mol. The minimum absolute atomic E-state index is 0.0516. The third-order valence-electron chi connectivity index (χ3n) is 3.88. The van der Waals surface area contributed by atoms with Crippen LogP contribution in [-0.2, 0) is 10.0 Å². The summed E-state index contributed by atoms with van der Waals surface area (Å²) in [6.45, 7) is 5.92. The summed E-state index contributed by atoms with van der Waals surface area (Å²) >= 11 is 6.82.